The van der Waals surface area contributed by atoms with Crippen molar-refractivity contribution in [1.82, 2.24) is 16.0 Å². The molecule has 0 saturated carbocycles. The Hall–Kier alpha value is -1.85. The summed E-state index contributed by atoms with van der Waals surface area (Å²) in [5.41, 5.74) is 11.4. The molecule has 4 atom stereocenters. The summed E-state index contributed by atoms with van der Waals surface area (Å²) in [5, 5.41) is 16.0. The van der Waals surface area contributed by atoms with Crippen molar-refractivity contribution in [2.45, 2.75) is 57.7 Å². The van der Waals surface area contributed by atoms with E-state index in [9.17, 15) is 19.2 Å². The van der Waals surface area contributed by atoms with Crippen LogP contribution in [0.3, 0.4) is 0 Å². The smallest absolute Gasteiger partial charge is 0.322 e. The third-order valence-electron chi connectivity index (χ3n) is 4.37. The Balaban J connectivity index is 5.05. The maximum atomic E-state index is 12.6. The number of unbranched alkanes of at least 4 members (excludes halogenated alkanes) is 1. The summed E-state index contributed by atoms with van der Waals surface area (Å²) in [7, 11) is 0. The van der Waals surface area contributed by atoms with E-state index in [1.807, 2.05) is 13.8 Å². The number of rotatable bonds is 14. The van der Waals surface area contributed by atoms with Gasteiger partial charge in [0.15, 0.2) is 0 Å². The van der Waals surface area contributed by atoms with Crippen LogP contribution in [0.5, 0.6) is 0 Å². The van der Waals surface area contributed by atoms with Crippen LogP contribution in [0.4, 0.5) is 0 Å². The predicted octanol–water partition coefficient (Wildman–Crippen LogP) is -1.41. The normalized spacial score (nSPS) is 15.0. The Morgan fingerprint density at radius 2 is 1.64 bits per heavy atom. The van der Waals surface area contributed by atoms with Gasteiger partial charge in [0.2, 0.25) is 17.7 Å². The number of hydrogen-bond donors (Lipinski definition) is 7. The Morgan fingerprint density at radius 1 is 1.04 bits per heavy atom. The fourth-order valence-corrected chi connectivity index (χ4v) is 2.55. The highest BCUT2D eigenvalue weighted by atomic mass is 32.1. The molecule has 0 aromatic rings. The highest BCUT2D eigenvalue weighted by Gasteiger charge is 2.28. The molecule has 11 heteroatoms. The van der Waals surface area contributed by atoms with Crippen LogP contribution in [-0.2, 0) is 19.2 Å². The van der Waals surface area contributed by atoms with Gasteiger partial charge in [-0.25, -0.2) is 0 Å². The standard InChI is InChI=1S/C17H33N5O5S/c1-3-10(2)14(19)17(27)21-11(6-4-5-7-18)16(26)22-12(9-28)15(25)20-8-13(23)24/h10-12,14,28H,3-9,18-19H2,1-2H3,(H,20,25)(H,21,27)(H,22,26)(H,23,24). The summed E-state index contributed by atoms with van der Waals surface area (Å²) >= 11 is 4.02. The predicted molar refractivity (Wildman–Crippen MR) is 109 cm³/mol. The minimum absolute atomic E-state index is 0.0347. The van der Waals surface area contributed by atoms with E-state index in [4.69, 9.17) is 16.6 Å². The van der Waals surface area contributed by atoms with E-state index in [2.05, 4.69) is 28.6 Å². The molecule has 0 saturated heterocycles. The van der Waals surface area contributed by atoms with Crippen molar-refractivity contribution in [3.63, 3.8) is 0 Å². The third kappa shape index (κ3) is 9.90. The first-order valence-electron chi connectivity index (χ1n) is 9.34. The van der Waals surface area contributed by atoms with E-state index >= 15 is 0 Å². The summed E-state index contributed by atoms with van der Waals surface area (Å²) in [6.07, 6.45) is 2.32. The van der Waals surface area contributed by atoms with E-state index in [0.717, 1.165) is 0 Å². The highest BCUT2D eigenvalue weighted by molar-refractivity contribution is 7.80. The van der Waals surface area contributed by atoms with Gasteiger partial charge in [-0.3, -0.25) is 19.2 Å². The van der Waals surface area contributed by atoms with Gasteiger partial charge in [0, 0.05) is 5.75 Å². The minimum atomic E-state index is -1.21. The number of nitrogens with two attached hydrogens (primary N) is 2. The zero-order valence-electron chi connectivity index (χ0n) is 16.4. The summed E-state index contributed by atoms with van der Waals surface area (Å²) in [4.78, 5) is 47.5. The Morgan fingerprint density at radius 3 is 2.14 bits per heavy atom. The number of aliphatic carboxylic acids is 1. The van der Waals surface area contributed by atoms with Gasteiger partial charge in [-0.2, -0.15) is 12.6 Å². The molecule has 162 valence electrons. The molecular formula is C17H33N5O5S. The van der Waals surface area contributed by atoms with Crippen LogP contribution in [0.25, 0.3) is 0 Å². The molecule has 0 bridgehead atoms. The topological polar surface area (TPSA) is 177 Å². The number of hydrogen-bond acceptors (Lipinski definition) is 7. The molecule has 0 aliphatic heterocycles. The molecule has 28 heavy (non-hydrogen) atoms. The lowest BCUT2D eigenvalue weighted by atomic mass is 9.98. The highest BCUT2D eigenvalue weighted by Crippen LogP contribution is 2.08. The van der Waals surface area contributed by atoms with Crippen molar-refractivity contribution < 1.29 is 24.3 Å². The van der Waals surface area contributed by atoms with Crippen molar-refractivity contribution in [1.29, 1.82) is 0 Å². The van der Waals surface area contributed by atoms with E-state index in [1.54, 1.807) is 0 Å². The van der Waals surface area contributed by atoms with Crippen molar-refractivity contribution in [2.24, 2.45) is 17.4 Å². The first kappa shape index (κ1) is 26.1. The second-order valence-corrected chi connectivity index (χ2v) is 6.98. The first-order chi connectivity index (χ1) is 13.2. The maximum Gasteiger partial charge on any atom is 0.322 e. The van der Waals surface area contributed by atoms with Crippen molar-refractivity contribution in [3.05, 3.63) is 0 Å². The fourth-order valence-electron chi connectivity index (χ4n) is 2.29. The molecule has 4 unspecified atom stereocenters. The van der Waals surface area contributed by atoms with Crippen LogP contribution in [0.15, 0.2) is 0 Å². The van der Waals surface area contributed by atoms with Crippen molar-refractivity contribution >= 4 is 36.3 Å². The zero-order valence-corrected chi connectivity index (χ0v) is 17.3. The van der Waals surface area contributed by atoms with Gasteiger partial charge in [-0.15, -0.1) is 0 Å². The molecule has 0 fully saturated rings. The maximum absolute atomic E-state index is 12.6. The number of thiol groups is 1. The van der Waals surface area contributed by atoms with Crippen LogP contribution in [0, 0.1) is 5.92 Å². The molecule has 10 nitrogen and oxygen atoms in total. The zero-order chi connectivity index (χ0) is 21.7. The number of carboxylic acids is 1. The van der Waals surface area contributed by atoms with Gasteiger partial charge >= 0.3 is 5.97 Å². The lowest BCUT2D eigenvalue weighted by Crippen LogP contribution is -2.57. The van der Waals surface area contributed by atoms with Gasteiger partial charge in [-0.05, 0) is 31.7 Å². The number of carbonyl (C=O) groups is 4. The number of carbonyl (C=O) groups excluding carboxylic acids is 3. The second kappa shape index (κ2) is 14.2. The average molecular weight is 420 g/mol. The van der Waals surface area contributed by atoms with Crippen LogP contribution >= 0.6 is 12.6 Å². The van der Waals surface area contributed by atoms with Gasteiger partial charge in [0.1, 0.15) is 18.6 Å². The fraction of sp³-hybridized carbons (Fsp3) is 0.765. The van der Waals surface area contributed by atoms with Gasteiger partial charge in [0.05, 0.1) is 6.04 Å². The van der Waals surface area contributed by atoms with E-state index in [-0.39, 0.29) is 11.7 Å². The van der Waals surface area contributed by atoms with Crippen LogP contribution in [0.2, 0.25) is 0 Å². The molecule has 0 heterocycles. The number of nitrogens with one attached hydrogen (secondary N) is 3. The molecule has 0 spiro atoms. The number of amides is 3. The molecule has 0 rings (SSSR count). The lowest BCUT2D eigenvalue weighted by Gasteiger charge is -2.25. The Kier molecular flexibility index (Phi) is 13.3. The van der Waals surface area contributed by atoms with Gasteiger partial charge in [-0.1, -0.05) is 20.3 Å². The van der Waals surface area contributed by atoms with Crippen molar-refractivity contribution in [3.8, 4) is 0 Å². The van der Waals surface area contributed by atoms with Gasteiger partial charge in [0.25, 0.3) is 0 Å². The Labute approximate surface area is 171 Å². The molecule has 0 aromatic carbocycles. The molecule has 0 aliphatic carbocycles. The first-order valence-corrected chi connectivity index (χ1v) is 9.97. The largest absolute Gasteiger partial charge is 0.480 e. The van der Waals surface area contributed by atoms with Crippen LogP contribution < -0.4 is 27.4 Å². The molecular weight excluding hydrogens is 386 g/mol. The van der Waals surface area contributed by atoms with E-state index in [1.165, 1.54) is 0 Å². The van der Waals surface area contributed by atoms with Crippen LogP contribution in [0.1, 0.15) is 39.5 Å². The molecule has 8 N–H and O–H groups in total. The van der Waals surface area contributed by atoms with E-state index < -0.39 is 48.4 Å². The molecule has 0 aliphatic rings. The molecule has 0 aromatic heterocycles. The average Bonchev–Trinajstić information content (AvgIpc) is 2.67. The Bertz CT molecular complexity index is 534. The summed E-state index contributed by atoms with van der Waals surface area (Å²) in [6.45, 7) is 3.64. The minimum Gasteiger partial charge on any atom is -0.480 e. The number of carboxylic acid groups (broad SMARTS) is 1. The quantitative estimate of drug-likeness (QED) is 0.134. The summed E-state index contributed by atoms with van der Waals surface area (Å²) in [6, 6.07) is -2.68. The molecule has 3 amide bonds. The lowest BCUT2D eigenvalue weighted by molar-refractivity contribution is -0.138. The van der Waals surface area contributed by atoms with Crippen molar-refractivity contribution in [2.75, 3.05) is 18.8 Å². The monoisotopic (exact) mass is 419 g/mol. The summed E-state index contributed by atoms with van der Waals surface area (Å²) < 4.78 is 0. The van der Waals surface area contributed by atoms with Gasteiger partial charge < -0.3 is 32.5 Å². The SMILES string of the molecule is CCC(C)C(N)C(=O)NC(CCCCN)C(=O)NC(CS)C(=O)NCC(=O)O. The summed E-state index contributed by atoms with van der Waals surface area (Å²) in [5.74, 6) is -2.98. The molecule has 0 radical (unpaired) electrons. The van der Waals surface area contributed by atoms with Crippen LogP contribution in [-0.4, -0.2) is 65.8 Å². The second-order valence-electron chi connectivity index (χ2n) is 6.61. The van der Waals surface area contributed by atoms with E-state index in [0.29, 0.717) is 32.2 Å². The third-order valence-corrected chi connectivity index (χ3v) is 4.73.